The lowest BCUT2D eigenvalue weighted by molar-refractivity contribution is -0.136. The van der Waals surface area contributed by atoms with Gasteiger partial charge in [0.25, 0.3) is 0 Å². The topological polar surface area (TPSA) is 46.5 Å². The molecule has 0 aliphatic rings. The van der Waals surface area contributed by atoms with Crippen molar-refractivity contribution < 1.29 is 14.6 Å². The number of halogens is 3. The van der Waals surface area contributed by atoms with Gasteiger partial charge in [-0.3, -0.25) is 4.79 Å². The maximum Gasteiger partial charge on any atom is 0.307 e. The van der Waals surface area contributed by atoms with E-state index in [0.717, 1.165) is 0 Å². The predicted molar refractivity (Wildman–Crippen MR) is 79.3 cm³/mol. The molecule has 6 heteroatoms. The molecule has 0 aliphatic heterocycles. The second kappa shape index (κ2) is 6.35. The summed E-state index contributed by atoms with van der Waals surface area (Å²) in [6.07, 6.45) is -0.193. The Labute approximate surface area is 130 Å². The Morgan fingerprint density at radius 2 is 1.60 bits per heavy atom. The first-order valence-electron chi connectivity index (χ1n) is 5.59. The number of carboxylic acids is 1. The van der Waals surface area contributed by atoms with Crippen molar-refractivity contribution in [2.75, 3.05) is 0 Å². The minimum absolute atomic E-state index is 0.193. The minimum atomic E-state index is -0.973. The Morgan fingerprint density at radius 1 is 1.00 bits per heavy atom. The lowest BCUT2D eigenvalue weighted by atomic mass is 10.1. The van der Waals surface area contributed by atoms with Crippen molar-refractivity contribution in [3.05, 3.63) is 57.0 Å². The molecule has 0 bridgehead atoms. The average molecular weight is 332 g/mol. The highest BCUT2D eigenvalue weighted by Gasteiger charge is 2.11. The van der Waals surface area contributed by atoms with Crippen LogP contribution in [0.5, 0.6) is 11.5 Å². The third-order valence-electron chi connectivity index (χ3n) is 2.48. The number of aliphatic carboxylic acids is 1. The molecule has 3 nitrogen and oxygen atoms in total. The monoisotopic (exact) mass is 330 g/mol. The first-order valence-corrected chi connectivity index (χ1v) is 6.72. The van der Waals surface area contributed by atoms with Crippen molar-refractivity contribution in [2.24, 2.45) is 0 Å². The molecule has 0 saturated heterocycles. The van der Waals surface area contributed by atoms with Crippen molar-refractivity contribution >= 4 is 40.8 Å². The number of benzene rings is 2. The van der Waals surface area contributed by atoms with E-state index in [1.54, 1.807) is 36.4 Å². The van der Waals surface area contributed by atoms with Crippen molar-refractivity contribution in [2.45, 2.75) is 6.42 Å². The molecule has 0 aliphatic carbocycles. The van der Waals surface area contributed by atoms with E-state index < -0.39 is 5.97 Å². The Balaban J connectivity index is 2.35. The van der Waals surface area contributed by atoms with E-state index in [-0.39, 0.29) is 6.42 Å². The van der Waals surface area contributed by atoms with Crippen LogP contribution < -0.4 is 4.74 Å². The summed E-state index contributed by atoms with van der Waals surface area (Å²) in [5.74, 6) is -0.189. The second-order valence-corrected chi connectivity index (χ2v) is 5.28. The Bertz CT molecular complexity index is 656. The summed E-state index contributed by atoms with van der Waals surface area (Å²) >= 11 is 17.7. The van der Waals surface area contributed by atoms with Gasteiger partial charge in [0.15, 0.2) is 0 Å². The van der Waals surface area contributed by atoms with Gasteiger partial charge in [0, 0.05) is 15.6 Å². The fraction of sp³-hybridized carbons (Fsp3) is 0.0714. The quantitative estimate of drug-likeness (QED) is 0.851. The van der Waals surface area contributed by atoms with E-state index in [4.69, 9.17) is 44.6 Å². The highest BCUT2D eigenvalue weighted by molar-refractivity contribution is 6.35. The van der Waals surface area contributed by atoms with Gasteiger partial charge in [0.05, 0.1) is 11.4 Å². The number of carboxylic acid groups (broad SMARTS) is 1. The molecular formula is C14H9Cl3O3. The molecule has 20 heavy (non-hydrogen) atoms. The van der Waals surface area contributed by atoms with Gasteiger partial charge < -0.3 is 9.84 Å². The molecule has 0 saturated carbocycles. The van der Waals surface area contributed by atoms with Crippen LogP contribution in [-0.2, 0) is 11.2 Å². The first kappa shape index (κ1) is 15.0. The SMILES string of the molecule is O=C(O)Cc1cc(Cl)ccc1Oc1ccc(Cl)cc1Cl. The number of hydrogen-bond donors (Lipinski definition) is 1. The summed E-state index contributed by atoms with van der Waals surface area (Å²) in [6.45, 7) is 0. The second-order valence-electron chi connectivity index (χ2n) is 4.00. The largest absolute Gasteiger partial charge is 0.481 e. The smallest absolute Gasteiger partial charge is 0.307 e. The van der Waals surface area contributed by atoms with Crippen LogP contribution in [0, 0.1) is 0 Å². The maximum absolute atomic E-state index is 10.9. The molecule has 1 N–H and O–H groups in total. The fourth-order valence-electron chi connectivity index (χ4n) is 1.63. The highest BCUT2D eigenvalue weighted by Crippen LogP contribution is 2.34. The van der Waals surface area contributed by atoms with Gasteiger partial charge in [0.1, 0.15) is 11.5 Å². The van der Waals surface area contributed by atoms with Gasteiger partial charge in [0.2, 0.25) is 0 Å². The van der Waals surface area contributed by atoms with Crippen molar-refractivity contribution in [3.8, 4) is 11.5 Å². The van der Waals surface area contributed by atoms with Crippen LogP contribution >= 0.6 is 34.8 Å². The number of hydrogen-bond acceptors (Lipinski definition) is 2. The number of carbonyl (C=O) groups is 1. The normalized spacial score (nSPS) is 10.3. The predicted octanol–water partition coefficient (Wildman–Crippen LogP) is 5.07. The lowest BCUT2D eigenvalue weighted by Crippen LogP contribution is -2.02. The maximum atomic E-state index is 10.9. The summed E-state index contributed by atoms with van der Waals surface area (Å²) in [5.41, 5.74) is 0.469. The van der Waals surface area contributed by atoms with E-state index in [1.165, 1.54) is 0 Å². The zero-order chi connectivity index (χ0) is 14.7. The Kier molecular flexibility index (Phi) is 4.76. The van der Waals surface area contributed by atoms with Gasteiger partial charge in [-0.25, -0.2) is 0 Å². The van der Waals surface area contributed by atoms with Gasteiger partial charge in [-0.2, -0.15) is 0 Å². The van der Waals surface area contributed by atoms with Gasteiger partial charge in [-0.15, -0.1) is 0 Å². The van der Waals surface area contributed by atoms with Crippen molar-refractivity contribution in [3.63, 3.8) is 0 Å². The first-order chi connectivity index (χ1) is 9.45. The molecule has 0 unspecified atom stereocenters. The summed E-state index contributed by atoms with van der Waals surface area (Å²) in [4.78, 5) is 10.9. The molecule has 0 fully saturated rings. The average Bonchev–Trinajstić information content (AvgIpc) is 2.34. The van der Waals surface area contributed by atoms with Crippen LogP contribution in [-0.4, -0.2) is 11.1 Å². The molecular weight excluding hydrogens is 323 g/mol. The summed E-state index contributed by atoms with van der Waals surface area (Å²) < 4.78 is 5.64. The van der Waals surface area contributed by atoms with Gasteiger partial charge >= 0.3 is 5.97 Å². The Morgan fingerprint density at radius 3 is 2.20 bits per heavy atom. The molecule has 2 aromatic carbocycles. The van der Waals surface area contributed by atoms with Gasteiger partial charge in [-0.1, -0.05) is 34.8 Å². The minimum Gasteiger partial charge on any atom is -0.481 e. The fourth-order valence-corrected chi connectivity index (χ4v) is 2.27. The summed E-state index contributed by atoms with van der Waals surface area (Å²) in [7, 11) is 0. The zero-order valence-corrected chi connectivity index (χ0v) is 12.3. The van der Waals surface area contributed by atoms with E-state index in [9.17, 15) is 4.79 Å². The molecule has 2 aromatic rings. The zero-order valence-electron chi connectivity index (χ0n) is 10.1. The number of rotatable bonds is 4. The molecule has 0 radical (unpaired) electrons. The lowest BCUT2D eigenvalue weighted by Gasteiger charge is -2.11. The van der Waals surface area contributed by atoms with E-state index in [0.29, 0.717) is 32.1 Å². The molecule has 2 rings (SSSR count). The van der Waals surface area contributed by atoms with E-state index >= 15 is 0 Å². The summed E-state index contributed by atoms with van der Waals surface area (Å²) in [6, 6.07) is 9.57. The van der Waals surface area contributed by atoms with Crippen LogP contribution in [0.3, 0.4) is 0 Å². The van der Waals surface area contributed by atoms with E-state index in [1.807, 2.05) is 0 Å². The molecule has 0 aromatic heterocycles. The molecule has 0 amide bonds. The standard InChI is InChI=1S/C14H9Cl3O3/c15-9-1-3-12(8(5-9)6-14(18)19)20-13-4-2-10(16)7-11(13)17/h1-5,7H,6H2,(H,18,19). The molecule has 0 spiro atoms. The van der Waals surface area contributed by atoms with Crippen LogP contribution in [0.25, 0.3) is 0 Å². The Hall–Kier alpha value is -1.42. The molecule has 104 valence electrons. The molecule has 0 heterocycles. The summed E-state index contributed by atoms with van der Waals surface area (Å²) in [5, 5.41) is 10.2. The third kappa shape index (κ3) is 3.79. The molecule has 0 atom stereocenters. The van der Waals surface area contributed by atoms with Crippen molar-refractivity contribution in [1.82, 2.24) is 0 Å². The third-order valence-corrected chi connectivity index (χ3v) is 3.24. The van der Waals surface area contributed by atoms with E-state index in [2.05, 4.69) is 0 Å². The van der Waals surface area contributed by atoms with Crippen molar-refractivity contribution in [1.29, 1.82) is 0 Å². The van der Waals surface area contributed by atoms with Crippen LogP contribution in [0.15, 0.2) is 36.4 Å². The highest BCUT2D eigenvalue weighted by atomic mass is 35.5. The van der Waals surface area contributed by atoms with Gasteiger partial charge in [-0.05, 0) is 36.4 Å². The van der Waals surface area contributed by atoms with Crippen LogP contribution in [0.1, 0.15) is 5.56 Å². The number of ether oxygens (including phenoxy) is 1. The van der Waals surface area contributed by atoms with Crippen LogP contribution in [0.2, 0.25) is 15.1 Å². The van der Waals surface area contributed by atoms with Crippen LogP contribution in [0.4, 0.5) is 0 Å².